The van der Waals surface area contributed by atoms with Crippen LogP contribution in [-0.2, 0) is 9.53 Å². The summed E-state index contributed by atoms with van der Waals surface area (Å²) in [4.78, 5) is 23.9. The molecule has 4 aromatic carbocycles. The fourth-order valence-electron chi connectivity index (χ4n) is 3.58. The van der Waals surface area contributed by atoms with Crippen LogP contribution in [0.3, 0.4) is 0 Å². The first kappa shape index (κ1) is 19.5. The van der Waals surface area contributed by atoms with E-state index in [9.17, 15) is 9.59 Å². The predicted octanol–water partition coefficient (Wildman–Crippen LogP) is 6.12. The third-order valence-electron chi connectivity index (χ3n) is 4.74. The Morgan fingerprint density at radius 1 is 0.700 bits per heavy atom. The van der Waals surface area contributed by atoms with Gasteiger partial charge in [0.25, 0.3) is 0 Å². The van der Waals surface area contributed by atoms with Crippen LogP contribution in [0.15, 0.2) is 72.8 Å². The minimum absolute atomic E-state index is 0.203. The Labute approximate surface area is 173 Å². The molecule has 5 heteroatoms. The van der Waals surface area contributed by atoms with Crippen LogP contribution in [0.5, 0.6) is 11.5 Å². The minimum atomic E-state index is -0.789. The van der Waals surface area contributed by atoms with Crippen molar-refractivity contribution in [2.24, 2.45) is 0 Å². The molecule has 150 valence electrons. The number of esters is 1. The van der Waals surface area contributed by atoms with Gasteiger partial charge in [-0.1, -0.05) is 60.7 Å². The molecular formula is C25H20O5. The van der Waals surface area contributed by atoms with Crippen molar-refractivity contribution in [1.82, 2.24) is 0 Å². The molecule has 0 aliphatic heterocycles. The van der Waals surface area contributed by atoms with Gasteiger partial charge < -0.3 is 14.2 Å². The summed E-state index contributed by atoms with van der Waals surface area (Å²) in [5.41, 5.74) is 1.34. The molecule has 0 saturated carbocycles. The highest BCUT2D eigenvalue weighted by Gasteiger charge is 2.21. The van der Waals surface area contributed by atoms with E-state index in [4.69, 9.17) is 14.2 Å². The average Bonchev–Trinajstić information content (AvgIpc) is 2.74. The van der Waals surface area contributed by atoms with E-state index in [1.165, 1.54) is 6.92 Å². The van der Waals surface area contributed by atoms with Crippen LogP contribution in [0.2, 0.25) is 0 Å². The van der Waals surface area contributed by atoms with E-state index in [2.05, 4.69) is 0 Å². The SMILES string of the molecule is CCOC(=O)Oc1ccc2ccccc2c1-c1c(OC(C)=O)ccc2ccccc12. The van der Waals surface area contributed by atoms with Crippen LogP contribution in [0.4, 0.5) is 4.79 Å². The zero-order valence-electron chi connectivity index (χ0n) is 16.7. The van der Waals surface area contributed by atoms with Gasteiger partial charge in [-0.25, -0.2) is 4.79 Å². The number of carbonyl (C=O) groups is 2. The molecule has 0 unspecified atom stereocenters. The quantitative estimate of drug-likeness (QED) is 0.235. The maximum absolute atomic E-state index is 12.1. The van der Waals surface area contributed by atoms with Crippen molar-refractivity contribution in [3.63, 3.8) is 0 Å². The van der Waals surface area contributed by atoms with E-state index < -0.39 is 12.1 Å². The molecule has 4 rings (SSSR count). The van der Waals surface area contributed by atoms with Crippen LogP contribution >= 0.6 is 0 Å². The van der Waals surface area contributed by atoms with E-state index in [-0.39, 0.29) is 6.61 Å². The average molecular weight is 400 g/mol. The summed E-state index contributed by atoms with van der Waals surface area (Å²) >= 11 is 0. The molecule has 0 radical (unpaired) electrons. The van der Waals surface area contributed by atoms with Crippen molar-refractivity contribution in [2.75, 3.05) is 6.61 Å². The molecule has 0 heterocycles. The summed E-state index contributed by atoms with van der Waals surface area (Å²) in [7, 11) is 0. The maximum Gasteiger partial charge on any atom is 0.513 e. The van der Waals surface area contributed by atoms with E-state index in [0.29, 0.717) is 22.6 Å². The molecule has 5 nitrogen and oxygen atoms in total. The standard InChI is InChI=1S/C25H20O5/c1-3-28-25(27)30-22-15-13-18-9-5-7-11-20(18)24(22)23-19-10-6-4-8-17(19)12-14-21(23)29-16(2)26/h4-15H,3H2,1-2H3. The summed E-state index contributed by atoms with van der Waals surface area (Å²) in [6, 6.07) is 22.8. The van der Waals surface area contributed by atoms with Crippen LogP contribution in [0.25, 0.3) is 32.7 Å². The summed E-state index contributed by atoms with van der Waals surface area (Å²) in [5, 5.41) is 3.68. The van der Waals surface area contributed by atoms with E-state index in [1.807, 2.05) is 60.7 Å². The van der Waals surface area contributed by atoms with Crippen molar-refractivity contribution in [3.8, 4) is 22.6 Å². The fourth-order valence-corrected chi connectivity index (χ4v) is 3.58. The number of hydrogen-bond donors (Lipinski definition) is 0. The first-order valence-corrected chi connectivity index (χ1v) is 9.65. The monoisotopic (exact) mass is 400 g/mol. The second-order valence-electron chi connectivity index (χ2n) is 6.70. The molecule has 30 heavy (non-hydrogen) atoms. The van der Waals surface area contributed by atoms with Crippen molar-refractivity contribution < 1.29 is 23.8 Å². The van der Waals surface area contributed by atoms with Gasteiger partial charge in [0, 0.05) is 18.1 Å². The van der Waals surface area contributed by atoms with Crippen LogP contribution in [0, 0.1) is 0 Å². The molecule has 0 N–H and O–H groups in total. The summed E-state index contributed by atoms with van der Waals surface area (Å²) in [6.45, 7) is 3.28. The van der Waals surface area contributed by atoms with Gasteiger partial charge in [0.15, 0.2) is 0 Å². The van der Waals surface area contributed by atoms with Gasteiger partial charge in [0.2, 0.25) is 0 Å². The Morgan fingerprint density at radius 2 is 1.20 bits per heavy atom. The van der Waals surface area contributed by atoms with Gasteiger partial charge in [-0.05, 0) is 40.6 Å². The van der Waals surface area contributed by atoms with Gasteiger partial charge in [-0.15, -0.1) is 0 Å². The Hall–Kier alpha value is -3.86. The fraction of sp³-hybridized carbons (Fsp3) is 0.120. The molecule has 0 aromatic heterocycles. The molecule has 4 aromatic rings. The molecule has 0 fully saturated rings. The Balaban J connectivity index is 2.08. The largest absolute Gasteiger partial charge is 0.513 e. The lowest BCUT2D eigenvalue weighted by Gasteiger charge is -2.18. The molecular weight excluding hydrogens is 380 g/mol. The van der Waals surface area contributed by atoms with Crippen LogP contribution < -0.4 is 9.47 Å². The number of carbonyl (C=O) groups excluding carboxylic acids is 2. The number of fused-ring (bicyclic) bond motifs is 2. The lowest BCUT2D eigenvalue weighted by atomic mass is 9.92. The third-order valence-corrected chi connectivity index (χ3v) is 4.74. The molecule has 0 amide bonds. The van der Waals surface area contributed by atoms with E-state index in [0.717, 1.165) is 21.5 Å². The van der Waals surface area contributed by atoms with Gasteiger partial charge in [-0.2, -0.15) is 0 Å². The number of ether oxygens (including phenoxy) is 3. The van der Waals surface area contributed by atoms with E-state index in [1.54, 1.807) is 19.1 Å². The minimum Gasteiger partial charge on any atom is -0.434 e. The molecule has 0 atom stereocenters. The lowest BCUT2D eigenvalue weighted by molar-refractivity contribution is -0.131. The second kappa shape index (κ2) is 8.25. The van der Waals surface area contributed by atoms with Crippen molar-refractivity contribution in [2.45, 2.75) is 13.8 Å². The molecule has 0 bridgehead atoms. The number of rotatable bonds is 4. The Morgan fingerprint density at radius 3 is 1.70 bits per heavy atom. The summed E-state index contributed by atoms with van der Waals surface area (Å²) in [6.07, 6.45) is -0.789. The van der Waals surface area contributed by atoms with Gasteiger partial charge in [0.05, 0.1) is 6.61 Å². The van der Waals surface area contributed by atoms with Crippen molar-refractivity contribution in [3.05, 3.63) is 72.8 Å². The third kappa shape index (κ3) is 3.70. The highest BCUT2D eigenvalue weighted by molar-refractivity contribution is 6.10. The summed E-state index contributed by atoms with van der Waals surface area (Å²) in [5.74, 6) is 0.294. The van der Waals surface area contributed by atoms with Crippen molar-refractivity contribution >= 4 is 33.7 Å². The lowest BCUT2D eigenvalue weighted by Crippen LogP contribution is -2.11. The van der Waals surface area contributed by atoms with Crippen LogP contribution in [0.1, 0.15) is 13.8 Å². The molecule has 0 aliphatic carbocycles. The maximum atomic E-state index is 12.1. The van der Waals surface area contributed by atoms with Crippen molar-refractivity contribution in [1.29, 1.82) is 0 Å². The number of hydrogen-bond acceptors (Lipinski definition) is 5. The zero-order valence-corrected chi connectivity index (χ0v) is 16.7. The Kier molecular flexibility index (Phi) is 5.35. The zero-order chi connectivity index (χ0) is 21.1. The van der Waals surface area contributed by atoms with Gasteiger partial charge in [0.1, 0.15) is 11.5 Å². The van der Waals surface area contributed by atoms with Crippen LogP contribution in [-0.4, -0.2) is 18.7 Å². The van der Waals surface area contributed by atoms with Gasteiger partial charge in [-0.3, -0.25) is 4.79 Å². The van der Waals surface area contributed by atoms with E-state index >= 15 is 0 Å². The Bertz CT molecular complexity index is 1260. The normalized spacial score (nSPS) is 10.7. The predicted molar refractivity (Wildman–Crippen MR) is 116 cm³/mol. The van der Waals surface area contributed by atoms with Gasteiger partial charge >= 0.3 is 12.1 Å². The number of benzene rings is 4. The topological polar surface area (TPSA) is 61.8 Å². The summed E-state index contributed by atoms with van der Waals surface area (Å²) < 4.78 is 16.1. The first-order chi connectivity index (χ1) is 14.6. The molecule has 0 saturated heterocycles. The highest BCUT2D eigenvalue weighted by Crippen LogP contribution is 2.45. The first-order valence-electron chi connectivity index (χ1n) is 9.65. The highest BCUT2D eigenvalue weighted by atomic mass is 16.7. The second-order valence-corrected chi connectivity index (χ2v) is 6.70. The molecule has 0 spiro atoms. The smallest absolute Gasteiger partial charge is 0.434 e. The molecule has 0 aliphatic rings.